The fraction of sp³-hybridized carbons (Fsp3) is 0.200. The van der Waals surface area contributed by atoms with Crippen LogP contribution in [0.15, 0.2) is 63.8 Å². The van der Waals surface area contributed by atoms with Gasteiger partial charge in [-0.25, -0.2) is 4.79 Å². The summed E-state index contributed by atoms with van der Waals surface area (Å²) < 4.78 is 54.8. The molecule has 0 aliphatic heterocycles. The predicted octanol–water partition coefficient (Wildman–Crippen LogP) is 5.15. The van der Waals surface area contributed by atoms with E-state index in [1.807, 2.05) is 0 Å². The Morgan fingerprint density at radius 2 is 1.68 bits per heavy atom. The molecule has 2 atom stereocenters. The monoisotopic (exact) mass is 554 g/mol. The number of carboxylic acids is 1. The van der Waals surface area contributed by atoms with Gasteiger partial charge in [0.2, 0.25) is 0 Å². The van der Waals surface area contributed by atoms with Crippen LogP contribution in [-0.4, -0.2) is 21.8 Å². The Kier molecular flexibility index (Phi) is 6.78. The summed E-state index contributed by atoms with van der Waals surface area (Å²) in [4.78, 5) is 22.8. The molecule has 194 valence electrons. The fourth-order valence-corrected chi connectivity index (χ4v) is 4.61. The molecule has 0 spiro atoms. The van der Waals surface area contributed by atoms with Crippen LogP contribution in [0.25, 0.3) is 11.1 Å². The number of alkyl halides is 3. The smallest absolute Gasteiger partial charge is 0.422 e. The third-order valence-electron chi connectivity index (χ3n) is 6.12. The van der Waals surface area contributed by atoms with Crippen LogP contribution in [0.1, 0.15) is 34.3 Å². The van der Waals surface area contributed by atoms with Crippen molar-refractivity contribution in [1.82, 2.24) is 4.57 Å². The summed E-state index contributed by atoms with van der Waals surface area (Å²) in [6.07, 6.45) is -5.13. The number of hydrogen-bond donors (Lipinski definition) is 1. The van der Waals surface area contributed by atoms with Gasteiger partial charge < -0.3 is 24.2 Å². The lowest BCUT2D eigenvalue weighted by atomic mass is 9.77. The normalized spacial score (nSPS) is 14.4. The highest BCUT2D eigenvalue weighted by atomic mass is 35.5. The predicted molar refractivity (Wildman–Crippen MR) is 127 cm³/mol. The minimum Gasteiger partial charge on any atom is -0.545 e. The van der Waals surface area contributed by atoms with Crippen LogP contribution in [0.2, 0.25) is 10.0 Å². The first-order valence-electron chi connectivity index (χ1n) is 10.6. The molecule has 0 saturated heterocycles. The van der Waals surface area contributed by atoms with Gasteiger partial charge in [-0.1, -0.05) is 42.3 Å². The molecule has 1 aromatic heterocycles. The van der Waals surface area contributed by atoms with Crippen LogP contribution >= 0.6 is 23.2 Å². The topological polar surface area (TPSA) is 105 Å². The van der Waals surface area contributed by atoms with Gasteiger partial charge >= 0.3 is 11.9 Å². The van der Waals surface area contributed by atoms with Gasteiger partial charge in [0.05, 0.1) is 16.5 Å². The molecular weight excluding hydrogens is 538 g/mol. The fourth-order valence-electron chi connectivity index (χ4n) is 4.03. The van der Waals surface area contributed by atoms with E-state index in [1.165, 1.54) is 56.4 Å². The summed E-state index contributed by atoms with van der Waals surface area (Å²) in [5, 5.41) is 21.9. The molecule has 2 unspecified atom stereocenters. The van der Waals surface area contributed by atoms with E-state index in [0.717, 1.165) is 16.7 Å². The zero-order valence-electron chi connectivity index (χ0n) is 19.1. The van der Waals surface area contributed by atoms with Crippen LogP contribution < -0.4 is 15.6 Å². The number of fused-ring (bicyclic) bond motifs is 1. The first-order chi connectivity index (χ1) is 17.2. The zero-order valence-corrected chi connectivity index (χ0v) is 20.6. The number of nitrogens with zero attached hydrogens (tertiary/aromatic N) is 1. The molecule has 4 aromatic rings. The second-order valence-corrected chi connectivity index (χ2v) is 9.12. The maximum atomic E-state index is 14.4. The average Bonchev–Trinajstić information content (AvgIpc) is 3.10. The number of benzene rings is 3. The molecule has 1 N–H and O–H groups in total. The molecule has 1 heterocycles. The largest absolute Gasteiger partial charge is 0.545 e. The van der Waals surface area contributed by atoms with Crippen LogP contribution in [0, 0.1) is 0 Å². The quantitative estimate of drug-likeness (QED) is 0.353. The maximum Gasteiger partial charge on any atom is 0.422 e. The summed E-state index contributed by atoms with van der Waals surface area (Å²) in [5.41, 5.74) is -4.00. The van der Waals surface area contributed by atoms with Crippen molar-refractivity contribution in [3.05, 3.63) is 91.9 Å². The first kappa shape index (κ1) is 26.6. The van der Waals surface area contributed by atoms with E-state index in [4.69, 9.17) is 32.4 Å². The molecule has 0 radical (unpaired) electrons. The van der Waals surface area contributed by atoms with Gasteiger partial charge in [-0.15, -0.1) is 0 Å². The third kappa shape index (κ3) is 4.68. The highest BCUT2D eigenvalue weighted by molar-refractivity contribution is 6.33. The average molecular weight is 555 g/mol. The second kappa shape index (κ2) is 9.44. The van der Waals surface area contributed by atoms with Gasteiger partial charge in [-0.05, 0) is 47.5 Å². The van der Waals surface area contributed by atoms with E-state index in [9.17, 15) is 33.0 Å². The Labute approximate surface area is 217 Å². The maximum absolute atomic E-state index is 14.4. The van der Waals surface area contributed by atoms with Gasteiger partial charge in [-0.2, -0.15) is 13.2 Å². The van der Waals surface area contributed by atoms with Gasteiger partial charge in [-0.3, -0.25) is 4.57 Å². The van der Waals surface area contributed by atoms with Crippen LogP contribution in [0.5, 0.6) is 11.5 Å². The van der Waals surface area contributed by atoms with Crippen molar-refractivity contribution < 1.29 is 37.3 Å². The Hall–Kier alpha value is -3.47. The van der Waals surface area contributed by atoms with E-state index in [0.29, 0.717) is 0 Å². The van der Waals surface area contributed by atoms with Gasteiger partial charge in [0.25, 0.3) is 0 Å². The van der Waals surface area contributed by atoms with Crippen molar-refractivity contribution >= 4 is 40.3 Å². The molecule has 0 amide bonds. The van der Waals surface area contributed by atoms with E-state index in [1.54, 1.807) is 0 Å². The number of aryl methyl sites for hydroxylation is 1. The highest BCUT2D eigenvalue weighted by Crippen LogP contribution is 2.50. The van der Waals surface area contributed by atoms with Crippen molar-refractivity contribution in [3.63, 3.8) is 0 Å². The lowest BCUT2D eigenvalue weighted by Gasteiger charge is -2.37. The number of oxazole rings is 1. The summed E-state index contributed by atoms with van der Waals surface area (Å²) in [6, 6.07) is 10.9. The Bertz CT molecular complexity index is 1580. The number of carbonyl (C=O) groups is 1. The molecule has 0 saturated carbocycles. The molecule has 0 aliphatic rings. The molecule has 0 bridgehead atoms. The molecule has 7 nitrogen and oxygen atoms in total. The van der Waals surface area contributed by atoms with Crippen molar-refractivity contribution in [2.75, 3.05) is 0 Å². The molecular formula is C25H17Cl2F3NO6-. The van der Waals surface area contributed by atoms with E-state index in [-0.39, 0.29) is 43.8 Å². The molecule has 0 fully saturated rings. The van der Waals surface area contributed by atoms with E-state index in [2.05, 4.69) is 0 Å². The zero-order chi connectivity index (χ0) is 27.3. The third-order valence-corrected chi connectivity index (χ3v) is 6.76. The van der Waals surface area contributed by atoms with E-state index >= 15 is 0 Å². The van der Waals surface area contributed by atoms with Crippen molar-refractivity contribution in [2.24, 2.45) is 7.05 Å². The number of hydrogen-bond acceptors (Lipinski definition) is 6. The van der Waals surface area contributed by atoms with Crippen molar-refractivity contribution in [3.8, 4) is 11.5 Å². The van der Waals surface area contributed by atoms with E-state index < -0.39 is 35.0 Å². The number of ether oxygens (including phenoxy) is 1. The molecule has 37 heavy (non-hydrogen) atoms. The van der Waals surface area contributed by atoms with Gasteiger partial charge in [0.1, 0.15) is 11.5 Å². The van der Waals surface area contributed by atoms with Crippen molar-refractivity contribution in [2.45, 2.75) is 24.6 Å². The molecule has 4 rings (SSSR count). The highest BCUT2D eigenvalue weighted by Gasteiger charge is 2.59. The summed E-state index contributed by atoms with van der Waals surface area (Å²) >= 11 is 12.2. The number of aromatic carboxylic acids is 1. The minimum absolute atomic E-state index is 0.0275. The number of rotatable bonds is 6. The Morgan fingerprint density at radius 1 is 1.05 bits per heavy atom. The Balaban J connectivity index is 1.71. The van der Waals surface area contributed by atoms with Gasteiger partial charge in [0.15, 0.2) is 11.2 Å². The summed E-state index contributed by atoms with van der Waals surface area (Å²) in [6.45, 7) is 1.17. The standard InChI is InChI=1S/C25H18Cl2F3NO6/c1-12(24(35,25(28,29)30)13-3-8-21-20(9-13)31(2)23(34)37-21)16-6-4-14(10-18(16)26)36-15-5-7-17(22(32)33)19(27)11-15/h3-12,35H,1-2H3,(H,32,33)/p-1. The summed E-state index contributed by atoms with van der Waals surface area (Å²) in [7, 11) is 1.34. The molecule has 0 aliphatic carbocycles. The lowest BCUT2D eigenvalue weighted by Crippen LogP contribution is -2.46. The molecule has 12 heteroatoms. The number of carbonyl (C=O) groups excluding carboxylic acids is 1. The second-order valence-electron chi connectivity index (χ2n) is 8.31. The number of aromatic nitrogens is 1. The minimum atomic E-state index is -5.13. The number of carboxylic acid groups (broad SMARTS) is 1. The van der Waals surface area contributed by atoms with Crippen molar-refractivity contribution in [1.29, 1.82) is 0 Å². The molecule has 3 aromatic carbocycles. The van der Waals surface area contributed by atoms with Crippen LogP contribution in [-0.2, 0) is 12.6 Å². The lowest BCUT2D eigenvalue weighted by molar-refractivity contribution is -0.274. The van der Waals surface area contributed by atoms with Crippen LogP contribution in [0.3, 0.4) is 0 Å². The van der Waals surface area contributed by atoms with Gasteiger partial charge in [0, 0.05) is 29.6 Å². The Morgan fingerprint density at radius 3 is 2.24 bits per heavy atom. The van der Waals surface area contributed by atoms with Crippen LogP contribution in [0.4, 0.5) is 13.2 Å². The number of halogens is 5. The number of aliphatic hydroxyl groups is 1. The summed E-state index contributed by atoms with van der Waals surface area (Å²) in [5.74, 6) is -3.54. The SMILES string of the molecule is CC(c1ccc(Oc2ccc(C(=O)[O-])c(Cl)c2)cc1Cl)C(O)(c1ccc2oc(=O)n(C)c2c1)C(F)(F)F. The first-order valence-corrected chi connectivity index (χ1v) is 11.4.